The Morgan fingerprint density at radius 2 is 1.90 bits per heavy atom. The van der Waals surface area contributed by atoms with E-state index < -0.39 is 0 Å². The second-order valence-corrected chi connectivity index (χ2v) is 7.27. The summed E-state index contributed by atoms with van der Waals surface area (Å²) < 4.78 is 7.12. The third-order valence-corrected chi connectivity index (χ3v) is 5.23. The lowest BCUT2D eigenvalue weighted by atomic mass is 10.1. The first-order valence-electron chi connectivity index (χ1n) is 9.63. The molecule has 0 bridgehead atoms. The quantitative estimate of drug-likeness (QED) is 0.464. The normalized spacial score (nSPS) is 12.0. The summed E-state index contributed by atoms with van der Waals surface area (Å²) in [5, 5.41) is 9.03. The maximum Gasteiger partial charge on any atom is 0.119 e. The van der Waals surface area contributed by atoms with E-state index in [0.717, 1.165) is 34.0 Å². The Morgan fingerprint density at radius 3 is 2.60 bits per heavy atom. The van der Waals surface area contributed by atoms with E-state index in [0.29, 0.717) is 11.6 Å². The monoisotopic (exact) mass is 419 g/mol. The molecule has 0 amide bonds. The van der Waals surface area contributed by atoms with Crippen molar-refractivity contribution in [2.75, 3.05) is 7.11 Å². The van der Waals surface area contributed by atoms with Crippen molar-refractivity contribution in [1.29, 1.82) is 0 Å². The van der Waals surface area contributed by atoms with E-state index >= 15 is 0 Å². The number of halogens is 1. The maximum atomic E-state index is 6.48. The molecule has 0 aliphatic rings. The van der Waals surface area contributed by atoms with Crippen molar-refractivity contribution in [1.82, 2.24) is 25.1 Å². The van der Waals surface area contributed by atoms with Gasteiger partial charge in [0.2, 0.25) is 0 Å². The van der Waals surface area contributed by atoms with Gasteiger partial charge < -0.3 is 10.1 Å². The summed E-state index contributed by atoms with van der Waals surface area (Å²) in [7, 11) is 1.65. The molecule has 4 rings (SSSR count). The van der Waals surface area contributed by atoms with Gasteiger partial charge in [-0.05, 0) is 43.3 Å². The van der Waals surface area contributed by atoms with Crippen molar-refractivity contribution < 1.29 is 4.74 Å². The number of aromatic nitrogens is 4. The molecule has 0 aliphatic heterocycles. The van der Waals surface area contributed by atoms with E-state index in [4.69, 9.17) is 21.4 Å². The molecular weight excluding hydrogens is 398 g/mol. The zero-order valence-electron chi connectivity index (χ0n) is 16.8. The lowest BCUT2D eigenvalue weighted by molar-refractivity contribution is 0.414. The number of ether oxygens (including phenoxy) is 1. The fourth-order valence-electron chi connectivity index (χ4n) is 3.21. The largest absolute Gasteiger partial charge is 0.497 e. The third kappa shape index (κ3) is 4.35. The van der Waals surface area contributed by atoms with Crippen LogP contribution in [0.15, 0.2) is 73.3 Å². The molecular formula is C23H22ClN5O. The third-order valence-electron chi connectivity index (χ3n) is 4.90. The van der Waals surface area contributed by atoms with E-state index in [9.17, 15) is 0 Å². The van der Waals surface area contributed by atoms with Gasteiger partial charge >= 0.3 is 0 Å². The molecule has 0 fully saturated rings. The van der Waals surface area contributed by atoms with Gasteiger partial charge in [0.15, 0.2) is 0 Å². The lowest BCUT2D eigenvalue weighted by Gasteiger charge is -2.13. The molecule has 2 aromatic carbocycles. The maximum absolute atomic E-state index is 6.48. The highest BCUT2D eigenvalue weighted by atomic mass is 35.5. The predicted molar refractivity (Wildman–Crippen MR) is 118 cm³/mol. The van der Waals surface area contributed by atoms with Gasteiger partial charge in [-0.1, -0.05) is 29.8 Å². The molecule has 6 nitrogen and oxygen atoms in total. The molecule has 1 atom stereocenters. The van der Waals surface area contributed by atoms with Crippen LogP contribution in [0.4, 0.5) is 0 Å². The summed E-state index contributed by atoms with van der Waals surface area (Å²) in [6.45, 7) is 2.69. The number of nitrogens with zero attached hydrogens (tertiary/aromatic N) is 4. The first kappa shape index (κ1) is 20.1. The molecule has 30 heavy (non-hydrogen) atoms. The smallest absolute Gasteiger partial charge is 0.119 e. The molecule has 1 N–H and O–H groups in total. The van der Waals surface area contributed by atoms with Crippen LogP contribution in [0.3, 0.4) is 0 Å². The summed E-state index contributed by atoms with van der Waals surface area (Å²) in [6, 6.07) is 17.5. The van der Waals surface area contributed by atoms with Gasteiger partial charge in [-0.3, -0.25) is 0 Å². The molecule has 0 aliphatic carbocycles. The Labute approximate surface area is 180 Å². The van der Waals surface area contributed by atoms with Crippen molar-refractivity contribution in [3.05, 3.63) is 89.6 Å². The van der Waals surface area contributed by atoms with Gasteiger partial charge in [0.25, 0.3) is 0 Å². The Kier molecular flexibility index (Phi) is 6.07. The molecule has 1 unspecified atom stereocenters. The van der Waals surface area contributed by atoms with Crippen LogP contribution in [0.1, 0.15) is 24.2 Å². The summed E-state index contributed by atoms with van der Waals surface area (Å²) in [5.74, 6) is 0.804. The van der Waals surface area contributed by atoms with E-state index in [1.54, 1.807) is 19.6 Å². The summed E-state index contributed by atoms with van der Waals surface area (Å²) in [5.41, 5.74) is 4.67. The van der Waals surface area contributed by atoms with E-state index in [1.165, 1.54) is 0 Å². The first-order chi connectivity index (χ1) is 14.7. The van der Waals surface area contributed by atoms with Crippen molar-refractivity contribution in [3.8, 4) is 22.7 Å². The highest BCUT2D eigenvalue weighted by Crippen LogP contribution is 2.30. The molecule has 4 aromatic rings. The second kappa shape index (κ2) is 9.07. The molecule has 2 aromatic heterocycles. The van der Waals surface area contributed by atoms with Gasteiger partial charge in [-0.2, -0.15) is 5.10 Å². The number of methoxy groups -OCH3 is 1. The number of nitrogens with one attached hydrogen (secondary N) is 1. The van der Waals surface area contributed by atoms with Gasteiger partial charge in [0, 0.05) is 36.1 Å². The second-order valence-electron chi connectivity index (χ2n) is 6.86. The van der Waals surface area contributed by atoms with Crippen LogP contribution in [-0.2, 0) is 6.54 Å². The standard InChI is InChI=1S/C23H22ClN5O/c1-16(22-11-12-25-15-27-22)26-13-17-14-29(18-7-9-19(30-2)10-8-18)28-23(17)20-5-3-4-6-21(20)24/h3-12,14-16,26H,13H2,1-2H3. The van der Waals surface area contributed by atoms with Gasteiger partial charge in [0.05, 0.1) is 29.2 Å². The first-order valence-corrected chi connectivity index (χ1v) is 10.0. The Hall–Kier alpha value is -3.22. The SMILES string of the molecule is COc1ccc(-n2cc(CNC(C)c3ccncn3)c(-c3ccccc3Cl)n2)cc1. The fourth-order valence-corrected chi connectivity index (χ4v) is 3.44. The number of rotatable bonds is 7. The summed E-state index contributed by atoms with van der Waals surface area (Å²) in [6.07, 6.45) is 5.34. The van der Waals surface area contributed by atoms with Crippen LogP contribution in [0, 0.1) is 0 Å². The molecule has 152 valence electrons. The van der Waals surface area contributed by atoms with Crippen molar-refractivity contribution in [3.63, 3.8) is 0 Å². The highest BCUT2D eigenvalue weighted by molar-refractivity contribution is 6.33. The van der Waals surface area contributed by atoms with Crippen LogP contribution < -0.4 is 10.1 Å². The minimum atomic E-state index is 0.0661. The molecule has 0 spiro atoms. The highest BCUT2D eigenvalue weighted by Gasteiger charge is 2.16. The summed E-state index contributed by atoms with van der Waals surface area (Å²) >= 11 is 6.48. The molecule has 2 heterocycles. The molecule has 0 saturated carbocycles. The minimum absolute atomic E-state index is 0.0661. The fraction of sp³-hybridized carbons (Fsp3) is 0.174. The Bertz CT molecular complexity index is 1110. The van der Waals surface area contributed by atoms with Gasteiger partial charge in [-0.25, -0.2) is 14.6 Å². The van der Waals surface area contributed by atoms with E-state index in [-0.39, 0.29) is 6.04 Å². The zero-order chi connectivity index (χ0) is 20.9. The van der Waals surface area contributed by atoms with Crippen molar-refractivity contribution in [2.45, 2.75) is 19.5 Å². The predicted octanol–water partition coefficient (Wildman–Crippen LogP) is 4.84. The average molecular weight is 420 g/mol. The number of hydrogen-bond donors (Lipinski definition) is 1. The van der Waals surface area contributed by atoms with Gasteiger partial charge in [0.1, 0.15) is 12.1 Å². The molecule has 0 radical (unpaired) electrons. The zero-order valence-corrected chi connectivity index (χ0v) is 17.5. The van der Waals surface area contributed by atoms with E-state index in [2.05, 4.69) is 22.2 Å². The van der Waals surface area contributed by atoms with Crippen molar-refractivity contribution >= 4 is 11.6 Å². The van der Waals surface area contributed by atoms with Gasteiger partial charge in [-0.15, -0.1) is 0 Å². The van der Waals surface area contributed by atoms with Crippen molar-refractivity contribution in [2.24, 2.45) is 0 Å². The summed E-state index contributed by atoms with van der Waals surface area (Å²) in [4.78, 5) is 8.31. The lowest BCUT2D eigenvalue weighted by Crippen LogP contribution is -2.19. The average Bonchev–Trinajstić information content (AvgIpc) is 3.22. The van der Waals surface area contributed by atoms with Crippen LogP contribution in [0.5, 0.6) is 5.75 Å². The van der Waals surface area contributed by atoms with Crippen LogP contribution >= 0.6 is 11.6 Å². The number of hydrogen-bond acceptors (Lipinski definition) is 5. The number of benzene rings is 2. The van der Waals surface area contributed by atoms with Crippen LogP contribution in [0.25, 0.3) is 16.9 Å². The van der Waals surface area contributed by atoms with E-state index in [1.807, 2.05) is 65.5 Å². The Morgan fingerprint density at radius 1 is 1.10 bits per heavy atom. The van der Waals surface area contributed by atoms with Crippen LogP contribution in [0.2, 0.25) is 5.02 Å². The minimum Gasteiger partial charge on any atom is -0.497 e. The Balaban J connectivity index is 1.66. The molecule has 0 saturated heterocycles. The molecule has 7 heteroatoms. The van der Waals surface area contributed by atoms with Crippen LogP contribution in [-0.4, -0.2) is 26.9 Å². The topological polar surface area (TPSA) is 64.9 Å².